The Bertz CT molecular complexity index is 397. The maximum absolute atomic E-state index is 8.69. The molecule has 0 aliphatic carbocycles. The van der Waals surface area contributed by atoms with Gasteiger partial charge in [0.25, 0.3) is 0 Å². The molecule has 0 rings (SSSR count). The predicted octanol–water partition coefficient (Wildman–Crippen LogP) is 12.4. The van der Waals surface area contributed by atoms with E-state index >= 15 is 0 Å². The number of rotatable bonds is 34. The summed E-state index contributed by atoms with van der Waals surface area (Å²) >= 11 is 0. The monoisotopic (exact) mass is 539 g/mol. The van der Waals surface area contributed by atoms with Gasteiger partial charge in [-0.1, -0.05) is 200 Å². The van der Waals surface area contributed by atoms with Crippen molar-refractivity contribution < 1.29 is 9.84 Å². The molecule has 1 unspecified atom stereocenters. The quantitative estimate of drug-likeness (QED) is 0.0825. The van der Waals surface area contributed by atoms with Crippen molar-refractivity contribution in [3.05, 3.63) is 0 Å². The fourth-order valence-corrected chi connectivity index (χ4v) is 5.95. The Labute approximate surface area is 241 Å². The van der Waals surface area contributed by atoms with Gasteiger partial charge in [0, 0.05) is 6.61 Å². The zero-order chi connectivity index (χ0) is 27.6. The third kappa shape index (κ3) is 32.1. The molecular weight excluding hydrogens is 464 g/mol. The minimum Gasteiger partial charge on any atom is -0.394 e. The number of ether oxygens (including phenoxy) is 1. The van der Waals surface area contributed by atoms with Gasteiger partial charge in [-0.3, -0.25) is 0 Å². The van der Waals surface area contributed by atoms with Crippen LogP contribution in [0.25, 0.3) is 0 Å². The van der Waals surface area contributed by atoms with E-state index in [1.807, 2.05) is 0 Å². The summed E-state index contributed by atoms with van der Waals surface area (Å²) in [5.41, 5.74) is 0. The zero-order valence-corrected chi connectivity index (χ0v) is 26.8. The normalized spacial score (nSPS) is 12.4. The molecule has 0 bridgehead atoms. The average Bonchev–Trinajstić information content (AvgIpc) is 2.93. The summed E-state index contributed by atoms with van der Waals surface area (Å²) < 4.78 is 5.32. The molecule has 2 nitrogen and oxygen atoms in total. The largest absolute Gasteiger partial charge is 0.394 e. The highest BCUT2D eigenvalue weighted by Crippen LogP contribution is 2.24. The highest BCUT2D eigenvalue weighted by Gasteiger charge is 2.08. The molecule has 0 heterocycles. The first kappa shape index (κ1) is 37.9. The van der Waals surface area contributed by atoms with Gasteiger partial charge in [-0.25, -0.2) is 0 Å². The summed E-state index contributed by atoms with van der Waals surface area (Å²) in [4.78, 5) is 0. The van der Waals surface area contributed by atoms with Gasteiger partial charge in [-0.15, -0.1) is 0 Å². The molecule has 0 spiro atoms. The van der Waals surface area contributed by atoms with E-state index in [1.54, 1.807) is 0 Å². The Morgan fingerprint density at radius 2 is 0.684 bits per heavy atom. The lowest BCUT2D eigenvalue weighted by Crippen LogP contribution is -2.01. The molecule has 230 valence electrons. The van der Waals surface area contributed by atoms with Crippen LogP contribution in [0, 0.1) is 5.92 Å². The van der Waals surface area contributed by atoms with Gasteiger partial charge in [-0.2, -0.15) is 0 Å². The molecule has 0 amide bonds. The molecule has 0 aliphatic heterocycles. The average molecular weight is 539 g/mol. The van der Waals surface area contributed by atoms with E-state index in [1.165, 1.54) is 186 Å². The van der Waals surface area contributed by atoms with Crippen LogP contribution in [-0.4, -0.2) is 24.9 Å². The number of aliphatic hydroxyl groups is 1. The summed E-state index contributed by atoms with van der Waals surface area (Å²) in [6, 6.07) is 0. The Hall–Kier alpha value is -0.0800. The van der Waals surface area contributed by atoms with E-state index in [2.05, 4.69) is 13.8 Å². The van der Waals surface area contributed by atoms with Crippen molar-refractivity contribution in [2.24, 2.45) is 5.92 Å². The number of aliphatic hydroxyl groups excluding tert-OH is 1. The molecule has 0 aromatic rings. The molecule has 0 aromatic carbocycles. The second-order valence-corrected chi connectivity index (χ2v) is 12.4. The van der Waals surface area contributed by atoms with Crippen molar-refractivity contribution in [1.29, 1.82) is 0 Å². The highest BCUT2D eigenvalue weighted by molar-refractivity contribution is 4.62. The van der Waals surface area contributed by atoms with Gasteiger partial charge in [-0.05, 0) is 12.3 Å². The molecule has 1 N–H and O–H groups in total. The van der Waals surface area contributed by atoms with Crippen molar-refractivity contribution >= 4 is 0 Å². The van der Waals surface area contributed by atoms with E-state index in [4.69, 9.17) is 9.84 Å². The molecule has 0 aromatic heterocycles. The van der Waals surface area contributed by atoms with E-state index in [-0.39, 0.29) is 6.61 Å². The first-order valence-electron chi connectivity index (χ1n) is 18.0. The Morgan fingerprint density at radius 3 is 1.05 bits per heavy atom. The van der Waals surface area contributed by atoms with Crippen LogP contribution in [0.5, 0.6) is 0 Å². The predicted molar refractivity (Wildman–Crippen MR) is 171 cm³/mol. The second-order valence-electron chi connectivity index (χ2n) is 12.4. The van der Waals surface area contributed by atoms with Crippen LogP contribution in [0.3, 0.4) is 0 Å². The minimum absolute atomic E-state index is 0.152. The summed E-state index contributed by atoms with van der Waals surface area (Å²) in [6.45, 7) is 6.13. The van der Waals surface area contributed by atoms with Gasteiger partial charge in [0.05, 0.1) is 13.2 Å². The fourth-order valence-electron chi connectivity index (χ4n) is 5.95. The van der Waals surface area contributed by atoms with Crippen molar-refractivity contribution in [3.63, 3.8) is 0 Å². The van der Waals surface area contributed by atoms with Gasteiger partial charge >= 0.3 is 0 Å². The summed E-state index contributed by atoms with van der Waals surface area (Å²) in [5, 5.41) is 8.69. The maximum atomic E-state index is 8.69. The molecule has 0 fully saturated rings. The summed E-state index contributed by atoms with van der Waals surface area (Å²) in [6.07, 6.45) is 43.2. The molecule has 2 heteroatoms. The van der Waals surface area contributed by atoms with Crippen molar-refractivity contribution in [2.75, 3.05) is 19.8 Å². The fraction of sp³-hybridized carbons (Fsp3) is 1.00. The van der Waals surface area contributed by atoms with E-state index < -0.39 is 0 Å². The van der Waals surface area contributed by atoms with E-state index in [0.29, 0.717) is 6.61 Å². The van der Waals surface area contributed by atoms with Crippen molar-refractivity contribution in [3.8, 4) is 0 Å². The number of hydrogen-bond donors (Lipinski definition) is 1. The van der Waals surface area contributed by atoms with Crippen molar-refractivity contribution in [2.45, 2.75) is 206 Å². The molecule has 0 saturated carbocycles. The second kappa shape index (κ2) is 34.9. The molecule has 0 radical (unpaired) electrons. The third-order valence-electron chi connectivity index (χ3n) is 8.57. The van der Waals surface area contributed by atoms with E-state index in [0.717, 1.165) is 18.9 Å². The van der Waals surface area contributed by atoms with Crippen LogP contribution in [0.15, 0.2) is 0 Å². The third-order valence-corrected chi connectivity index (χ3v) is 8.57. The standard InChI is InChI=1S/C36H74O2/c1-3-5-7-8-9-10-11-12-13-15-18-21-24-27-31-36(30-6-4-2)32-28-25-22-19-16-14-17-20-23-26-29-34-38-35-33-37/h36-37H,3-35H2,1-2H3. The van der Waals surface area contributed by atoms with Crippen LogP contribution in [0.1, 0.15) is 206 Å². The minimum atomic E-state index is 0.152. The first-order chi connectivity index (χ1) is 18.8. The Balaban J connectivity index is 3.46. The van der Waals surface area contributed by atoms with Gasteiger partial charge < -0.3 is 9.84 Å². The first-order valence-corrected chi connectivity index (χ1v) is 18.0. The van der Waals surface area contributed by atoms with E-state index in [9.17, 15) is 0 Å². The molecule has 38 heavy (non-hydrogen) atoms. The summed E-state index contributed by atoms with van der Waals surface area (Å²) in [7, 11) is 0. The smallest absolute Gasteiger partial charge is 0.0697 e. The SMILES string of the molecule is CCCCCCCCCCCCCCCCC(CCCC)CCCCCCCCCCCCCOCCO. The van der Waals surface area contributed by atoms with Gasteiger partial charge in [0.2, 0.25) is 0 Å². The molecule has 0 saturated heterocycles. The topological polar surface area (TPSA) is 29.5 Å². The lowest BCUT2D eigenvalue weighted by atomic mass is 9.90. The summed E-state index contributed by atoms with van der Waals surface area (Å²) in [5.74, 6) is 1.02. The van der Waals surface area contributed by atoms with Crippen molar-refractivity contribution in [1.82, 2.24) is 0 Å². The van der Waals surface area contributed by atoms with Gasteiger partial charge in [0.15, 0.2) is 0 Å². The Morgan fingerprint density at radius 1 is 0.368 bits per heavy atom. The molecule has 1 atom stereocenters. The molecule has 0 aliphatic rings. The van der Waals surface area contributed by atoms with Crippen LogP contribution in [0.2, 0.25) is 0 Å². The lowest BCUT2D eigenvalue weighted by Gasteiger charge is -2.16. The zero-order valence-electron chi connectivity index (χ0n) is 26.8. The van der Waals surface area contributed by atoms with Crippen LogP contribution < -0.4 is 0 Å². The van der Waals surface area contributed by atoms with Crippen LogP contribution in [-0.2, 0) is 4.74 Å². The number of unbranched alkanes of at least 4 members (excludes halogenated alkanes) is 24. The van der Waals surface area contributed by atoms with Crippen LogP contribution >= 0.6 is 0 Å². The molecular formula is C36H74O2. The Kier molecular flexibility index (Phi) is 34.9. The number of hydrogen-bond acceptors (Lipinski definition) is 2. The van der Waals surface area contributed by atoms with Crippen LogP contribution in [0.4, 0.5) is 0 Å². The van der Waals surface area contributed by atoms with Gasteiger partial charge in [0.1, 0.15) is 0 Å². The lowest BCUT2D eigenvalue weighted by molar-refractivity contribution is 0.0895. The maximum Gasteiger partial charge on any atom is 0.0697 e. The highest BCUT2D eigenvalue weighted by atomic mass is 16.5.